The number of aromatic nitrogens is 3. The van der Waals surface area contributed by atoms with Crippen molar-refractivity contribution in [2.24, 2.45) is 0 Å². The molecule has 230 valence electrons. The SMILES string of the molecule is CCC(=O)c1c(-c2ccccc2)c2cc(Cl)ccc2c(=O)n1Cc1cnn(C(c2ccccc2)(c2ccccc2)c2ccccc2)c1. The molecule has 0 bridgehead atoms. The van der Waals surface area contributed by atoms with Gasteiger partial charge < -0.3 is 0 Å². The van der Waals surface area contributed by atoms with Crippen LogP contribution in [0.25, 0.3) is 21.9 Å². The lowest BCUT2D eigenvalue weighted by atomic mass is 9.77. The minimum absolute atomic E-state index is 0.123. The second kappa shape index (κ2) is 12.7. The lowest BCUT2D eigenvalue weighted by molar-refractivity contribution is 0.0979. The molecule has 0 saturated heterocycles. The monoisotopic (exact) mass is 633 g/mol. The van der Waals surface area contributed by atoms with E-state index < -0.39 is 5.54 Å². The van der Waals surface area contributed by atoms with E-state index in [0.717, 1.165) is 27.8 Å². The summed E-state index contributed by atoms with van der Waals surface area (Å²) in [6.45, 7) is 1.98. The first-order valence-electron chi connectivity index (χ1n) is 15.7. The topological polar surface area (TPSA) is 56.9 Å². The molecule has 0 unspecified atom stereocenters. The highest BCUT2D eigenvalue weighted by Gasteiger charge is 2.39. The summed E-state index contributed by atoms with van der Waals surface area (Å²) in [7, 11) is 0. The number of halogens is 1. The number of hydrogen-bond donors (Lipinski definition) is 0. The zero-order chi connectivity index (χ0) is 32.4. The van der Waals surface area contributed by atoms with Crippen LogP contribution in [0.5, 0.6) is 0 Å². The Morgan fingerprint density at radius 1 is 0.723 bits per heavy atom. The van der Waals surface area contributed by atoms with Gasteiger partial charge in [-0.15, -0.1) is 0 Å². The van der Waals surface area contributed by atoms with Crippen molar-refractivity contribution < 1.29 is 4.79 Å². The van der Waals surface area contributed by atoms with Gasteiger partial charge in [-0.2, -0.15) is 5.10 Å². The number of carbonyl (C=O) groups excluding carboxylic acids is 1. The van der Waals surface area contributed by atoms with Gasteiger partial charge in [-0.05, 0) is 45.8 Å². The molecule has 0 atom stereocenters. The van der Waals surface area contributed by atoms with Crippen LogP contribution in [0.2, 0.25) is 5.02 Å². The van der Waals surface area contributed by atoms with Crippen LogP contribution in [-0.4, -0.2) is 20.1 Å². The Bertz CT molecular complexity index is 2150. The fraction of sp³-hybridized carbons (Fsp3) is 0.0976. The highest BCUT2D eigenvalue weighted by atomic mass is 35.5. The van der Waals surface area contributed by atoms with Gasteiger partial charge in [-0.25, -0.2) is 0 Å². The van der Waals surface area contributed by atoms with E-state index >= 15 is 0 Å². The van der Waals surface area contributed by atoms with Gasteiger partial charge in [0, 0.05) is 34.2 Å². The molecule has 0 aliphatic heterocycles. The van der Waals surface area contributed by atoms with Crippen LogP contribution in [0.4, 0.5) is 0 Å². The smallest absolute Gasteiger partial charge is 0.259 e. The van der Waals surface area contributed by atoms with E-state index in [0.29, 0.717) is 27.1 Å². The van der Waals surface area contributed by atoms with Crippen molar-refractivity contribution in [3.8, 4) is 11.1 Å². The molecular weight excluding hydrogens is 602 g/mol. The lowest BCUT2D eigenvalue weighted by Crippen LogP contribution is -2.38. The van der Waals surface area contributed by atoms with Crippen molar-refractivity contribution in [1.82, 2.24) is 14.3 Å². The molecule has 2 heterocycles. The summed E-state index contributed by atoms with van der Waals surface area (Å²) in [5.41, 5.74) is 4.78. The predicted octanol–water partition coefficient (Wildman–Crippen LogP) is 9.00. The highest BCUT2D eigenvalue weighted by molar-refractivity contribution is 6.31. The van der Waals surface area contributed by atoms with Crippen LogP contribution in [0.15, 0.2) is 157 Å². The molecule has 5 aromatic carbocycles. The number of rotatable bonds is 9. The van der Waals surface area contributed by atoms with Gasteiger partial charge in [-0.3, -0.25) is 18.8 Å². The fourth-order valence-electron chi connectivity index (χ4n) is 6.67. The third-order valence-electron chi connectivity index (χ3n) is 8.78. The van der Waals surface area contributed by atoms with Crippen molar-refractivity contribution in [3.05, 3.63) is 195 Å². The molecule has 0 aliphatic carbocycles. The Balaban J connectivity index is 1.47. The Labute approximate surface area is 278 Å². The van der Waals surface area contributed by atoms with E-state index in [9.17, 15) is 9.59 Å². The average molecular weight is 634 g/mol. The molecule has 47 heavy (non-hydrogen) atoms. The van der Waals surface area contributed by atoms with Crippen LogP contribution in [0, 0.1) is 0 Å². The number of nitrogens with zero attached hydrogens (tertiary/aromatic N) is 3. The summed E-state index contributed by atoms with van der Waals surface area (Å²) in [6, 6.07) is 45.9. The fourth-order valence-corrected chi connectivity index (χ4v) is 6.84. The highest BCUT2D eigenvalue weighted by Crippen LogP contribution is 2.40. The quantitative estimate of drug-likeness (QED) is 0.118. The third kappa shape index (κ3) is 5.29. The van der Waals surface area contributed by atoms with Gasteiger partial charge in [0.25, 0.3) is 5.56 Å². The molecule has 0 amide bonds. The minimum atomic E-state index is -0.801. The summed E-state index contributed by atoms with van der Waals surface area (Å²) >= 11 is 6.46. The van der Waals surface area contributed by atoms with Crippen molar-refractivity contribution >= 4 is 28.2 Å². The molecule has 6 heteroatoms. The van der Waals surface area contributed by atoms with E-state index in [1.54, 1.807) is 29.0 Å². The maximum Gasteiger partial charge on any atom is 0.259 e. The molecule has 0 spiro atoms. The van der Waals surface area contributed by atoms with Crippen molar-refractivity contribution in [2.75, 3.05) is 0 Å². The first kappa shape index (κ1) is 30.2. The van der Waals surface area contributed by atoms with E-state index in [-0.39, 0.29) is 24.3 Å². The number of fused-ring (bicyclic) bond motifs is 1. The first-order chi connectivity index (χ1) is 23.0. The summed E-state index contributed by atoms with van der Waals surface area (Å²) < 4.78 is 3.59. The minimum Gasteiger partial charge on any atom is -0.300 e. The molecule has 0 fully saturated rings. The van der Waals surface area contributed by atoms with Gasteiger partial charge in [0.1, 0.15) is 5.54 Å². The summed E-state index contributed by atoms with van der Waals surface area (Å²) in [6.07, 6.45) is 4.03. The maximum atomic E-state index is 14.3. The van der Waals surface area contributed by atoms with Gasteiger partial charge >= 0.3 is 0 Å². The Hall–Kier alpha value is -5.52. The largest absolute Gasteiger partial charge is 0.300 e. The molecular formula is C41H32ClN3O2. The normalized spacial score (nSPS) is 11.5. The van der Waals surface area contributed by atoms with Crippen LogP contribution in [-0.2, 0) is 12.1 Å². The van der Waals surface area contributed by atoms with Crippen LogP contribution in [0.3, 0.4) is 0 Å². The van der Waals surface area contributed by atoms with E-state index in [1.807, 2.05) is 103 Å². The van der Waals surface area contributed by atoms with Gasteiger partial charge in [0.15, 0.2) is 5.78 Å². The number of Topliss-reactive ketones (excluding diaryl/α,β-unsaturated/α-hetero) is 1. The molecule has 0 aliphatic rings. The average Bonchev–Trinajstić information content (AvgIpc) is 3.59. The molecule has 2 aromatic heterocycles. The number of carbonyl (C=O) groups is 1. The van der Waals surface area contributed by atoms with Gasteiger partial charge in [0.05, 0.1) is 18.4 Å². The maximum absolute atomic E-state index is 14.3. The van der Waals surface area contributed by atoms with E-state index in [4.69, 9.17) is 16.7 Å². The third-order valence-corrected chi connectivity index (χ3v) is 9.01. The Morgan fingerprint density at radius 3 is 1.79 bits per heavy atom. The van der Waals surface area contributed by atoms with Gasteiger partial charge in [0.2, 0.25) is 0 Å². The summed E-state index contributed by atoms with van der Waals surface area (Å²) in [5, 5.41) is 6.66. The molecule has 7 rings (SSSR count). The van der Waals surface area contributed by atoms with Crippen molar-refractivity contribution in [3.63, 3.8) is 0 Å². The number of benzene rings is 5. The van der Waals surface area contributed by atoms with E-state index in [2.05, 4.69) is 36.4 Å². The molecule has 0 saturated carbocycles. The Kier molecular flexibility index (Phi) is 8.15. The lowest BCUT2D eigenvalue weighted by Gasteiger charge is -2.36. The number of hydrogen-bond acceptors (Lipinski definition) is 3. The van der Waals surface area contributed by atoms with Gasteiger partial charge in [-0.1, -0.05) is 140 Å². The second-order valence-electron chi connectivity index (χ2n) is 11.5. The van der Waals surface area contributed by atoms with Crippen molar-refractivity contribution in [2.45, 2.75) is 25.4 Å². The number of ketones is 1. The molecule has 5 nitrogen and oxygen atoms in total. The zero-order valence-corrected chi connectivity index (χ0v) is 26.6. The molecule has 7 aromatic rings. The Morgan fingerprint density at radius 2 is 1.26 bits per heavy atom. The molecule has 0 radical (unpaired) electrons. The first-order valence-corrected chi connectivity index (χ1v) is 16.1. The summed E-state index contributed by atoms with van der Waals surface area (Å²) in [5.74, 6) is -0.123. The van der Waals surface area contributed by atoms with Crippen LogP contribution < -0.4 is 5.56 Å². The molecule has 0 N–H and O–H groups in total. The van der Waals surface area contributed by atoms with Crippen LogP contribution in [0.1, 0.15) is 46.1 Å². The summed E-state index contributed by atoms with van der Waals surface area (Å²) in [4.78, 5) is 28.1. The standard InChI is InChI=1S/C41H32ClN3O2/c1-2-37(46)39-38(30-15-7-3-8-16-30)36-25-34(42)23-24-35(36)40(47)44(39)27-29-26-43-45(28-29)41(31-17-9-4-10-18-31,32-19-11-5-12-20-32)33-21-13-6-14-22-33/h3-26,28H,2,27H2,1H3. The van der Waals surface area contributed by atoms with Crippen molar-refractivity contribution in [1.29, 1.82) is 0 Å². The van der Waals surface area contributed by atoms with E-state index in [1.165, 1.54) is 0 Å². The second-order valence-corrected chi connectivity index (χ2v) is 12.0. The predicted molar refractivity (Wildman–Crippen MR) is 189 cm³/mol. The van der Waals surface area contributed by atoms with Crippen LogP contribution >= 0.6 is 11.6 Å². The number of pyridine rings is 1. The zero-order valence-electron chi connectivity index (χ0n) is 25.9.